The molecule has 2 unspecified atom stereocenters. The molecule has 0 aliphatic rings. The highest BCUT2D eigenvalue weighted by molar-refractivity contribution is 5.68. The first-order chi connectivity index (χ1) is 12.2. The zero-order valence-electron chi connectivity index (χ0n) is 16.3. The average molecular weight is 355 g/mol. The highest BCUT2D eigenvalue weighted by Gasteiger charge is 2.12. The maximum Gasteiger partial charge on any atom is 0.305 e. The Morgan fingerprint density at radius 3 is 1.72 bits per heavy atom. The van der Waals surface area contributed by atoms with E-state index < -0.39 is 0 Å². The van der Waals surface area contributed by atoms with E-state index in [-0.39, 0.29) is 17.8 Å². The van der Waals surface area contributed by atoms with E-state index in [1.54, 1.807) is 0 Å². The van der Waals surface area contributed by atoms with Gasteiger partial charge in [0.25, 0.3) is 0 Å². The minimum Gasteiger partial charge on any atom is -0.469 e. The molecule has 0 N–H and O–H groups in total. The van der Waals surface area contributed by atoms with Gasteiger partial charge in [-0.2, -0.15) is 0 Å². The molecule has 0 aliphatic heterocycles. The topological polar surface area (TPSA) is 60.4 Å². The first-order valence-electron chi connectivity index (χ1n) is 10.1. The van der Waals surface area contributed by atoms with Crippen LogP contribution in [0.25, 0.3) is 0 Å². The van der Waals surface area contributed by atoms with Crippen molar-refractivity contribution in [1.82, 2.24) is 0 Å². The summed E-state index contributed by atoms with van der Waals surface area (Å²) in [7, 11) is 1.42. The first kappa shape index (κ1) is 23.8. The summed E-state index contributed by atoms with van der Waals surface area (Å²) in [5.74, 6) is 0.0752. The molecule has 0 fully saturated rings. The lowest BCUT2D eigenvalue weighted by Gasteiger charge is -2.14. The number of unbranched alkanes of at least 4 members (excludes halogenated alkanes) is 7. The van der Waals surface area contributed by atoms with Crippen molar-refractivity contribution in [2.45, 2.75) is 96.8 Å². The number of ether oxygens (including phenoxy) is 1. The monoisotopic (exact) mass is 354 g/mol. The molecule has 0 radical (unpaired) electrons. The summed E-state index contributed by atoms with van der Waals surface area (Å²) >= 11 is 0. The number of rotatable bonds is 18. The van der Waals surface area contributed by atoms with Gasteiger partial charge >= 0.3 is 5.97 Å². The Hall–Kier alpha value is -1.19. The Balaban J connectivity index is 3.70. The highest BCUT2D eigenvalue weighted by Crippen LogP contribution is 2.20. The van der Waals surface area contributed by atoms with E-state index in [1.807, 2.05) is 0 Å². The third kappa shape index (κ3) is 14.8. The molecule has 0 amide bonds. The molecular weight excluding hydrogens is 316 g/mol. The largest absolute Gasteiger partial charge is 0.469 e. The Morgan fingerprint density at radius 2 is 1.24 bits per heavy atom. The number of aldehydes is 2. The molecule has 146 valence electrons. The quantitative estimate of drug-likeness (QED) is 0.191. The van der Waals surface area contributed by atoms with E-state index in [2.05, 4.69) is 11.7 Å². The molecule has 0 rings (SSSR count). The van der Waals surface area contributed by atoms with Gasteiger partial charge in [-0.05, 0) is 32.1 Å². The fraction of sp³-hybridized carbons (Fsp3) is 0.857. The molecule has 2 atom stereocenters. The van der Waals surface area contributed by atoms with Gasteiger partial charge in [0.2, 0.25) is 0 Å². The number of carbonyl (C=O) groups is 3. The molecule has 0 aromatic heterocycles. The van der Waals surface area contributed by atoms with Crippen LogP contribution in [-0.4, -0.2) is 25.7 Å². The van der Waals surface area contributed by atoms with Crippen molar-refractivity contribution < 1.29 is 19.1 Å². The molecule has 4 heteroatoms. The summed E-state index contributed by atoms with van der Waals surface area (Å²) in [6, 6.07) is 0. The number of hydrogen-bond donors (Lipinski definition) is 0. The predicted molar refractivity (Wildman–Crippen MR) is 101 cm³/mol. The molecule has 0 heterocycles. The number of esters is 1. The van der Waals surface area contributed by atoms with Crippen LogP contribution >= 0.6 is 0 Å². The Labute approximate surface area is 154 Å². The van der Waals surface area contributed by atoms with Gasteiger partial charge in [0.1, 0.15) is 12.6 Å². The molecule has 0 aliphatic carbocycles. The summed E-state index contributed by atoms with van der Waals surface area (Å²) in [5, 5.41) is 0. The minimum atomic E-state index is -0.138. The summed E-state index contributed by atoms with van der Waals surface area (Å²) < 4.78 is 4.61. The Bertz CT molecular complexity index is 341. The lowest BCUT2D eigenvalue weighted by Crippen LogP contribution is -2.08. The zero-order chi connectivity index (χ0) is 18.8. The fourth-order valence-corrected chi connectivity index (χ4v) is 3.13. The van der Waals surface area contributed by atoms with E-state index in [9.17, 15) is 14.4 Å². The summed E-state index contributed by atoms with van der Waals surface area (Å²) in [5.41, 5.74) is 0. The van der Waals surface area contributed by atoms with E-state index >= 15 is 0 Å². The Kier molecular flexibility index (Phi) is 16.8. The van der Waals surface area contributed by atoms with Crippen LogP contribution in [0.2, 0.25) is 0 Å². The van der Waals surface area contributed by atoms with E-state index in [1.165, 1.54) is 26.4 Å². The van der Waals surface area contributed by atoms with E-state index in [4.69, 9.17) is 0 Å². The van der Waals surface area contributed by atoms with Gasteiger partial charge in [0.05, 0.1) is 7.11 Å². The lowest BCUT2D eigenvalue weighted by molar-refractivity contribution is -0.140. The van der Waals surface area contributed by atoms with Gasteiger partial charge in [0, 0.05) is 18.3 Å². The third-order valence-electron chi connectivity index (χ3n) is 4.91. The average Bonchev–Trinajstić information content (AvgIpc) is 2.64. The van der Waals surface area contributed by atoms with Crippen LogP contribution in [0.5, 0.6) is 0 Å². The molecule has 0 spiro atoms. The van der Waals surface area contributed by atoms with Crippen molar-refractivity contribution in [3.63, 3.8) is 0 Å². The molecule has 0 bridgehead atoms. The van der Waals surface area contributed by atoms with Gasteiger partial charge < -0.3 is 14.3 Å². The van der Waals surface area contributed by atoms with Crippen LogP contribution in [0, 0.1) is 11.8 Å². The van der Waals surface area contributed by atoms with Gasteiger partial charge in [-0.1, -0.05) is 58.3 Å². The van der Waals surface area contributed by atoms with Crippen molar-refractivity contribution in [1.29, 1.82) is 0 Å². The number of carbonyl (C=O) groups excluding carboxylic acids is 3. The number of methoxy groups -OCH3 is 1. The van der Waals surface area contributed by atoms with Crippen molar-refractivity contribution >= 4 is 18.5 Å². The summed E-state index contributed by atoms with van der Waals surface area (Å²) in [6.45, 7) is 2.19. The molecule has 4 nitrogen and oxygen atoms in total. The summed E-state index contributed by atoms with van der Waals surface area (Å²) in [6.07, 6.45) is 16.1. The van der Waals surface area contributed by atoms with Crippen molar-refractivity contribution in [2.75, 3.05) is 7.11 Å². The molecule has 0 aromatic rings. The normalized spacial score (nSPS) is 13.2. The van der Waals surface area contributed by atoms with Crippen LogP contribution in [0.3, 0.4) is 0 Å². The van der Waals surface area contributed by atoms with Crippen molar-refractivity contribution in [2.24, 2.45) is 11.8 Å². The van der Waals surface area contributed by atoms with Gasteiger partial charge in [0.15, 0.2) is 0 Å². The number of hydrogen-bond acceptors (Lipinski definition) is 4. The van der Waals surface area contributed by atoms with Gasteiger partial charge in [-0.3, -0.25) is 4.79 Å². The van der Waals surface area contributed by atoms with Gasteiger partial charge in [-0.25, -0.2) is 0 Å². The van der Waals surface area contributed by atoms with Crippen LogP contribution in [0.15, 0.2) is 0 Å². The van der Waals surface area contributed by atoms with Crippen LogP contribution in [0.4, 0.5) is 0 Å². The van der Waals surface area contributed by atoms with E-state index in [0.29, 0.717) is 6.42 Å². The molecule has 0 aromatic carbocycles. The maximum atomic E-state index is 11.2. The second-order valence-corrected chi connectivity index (χ2v) is 7.10. The van der Waals surface area contributed by atoms with Crippen LogP contribution < -0.4 is 0 Å². The molecule has 0 saturated carbocycles. The molecular formula is C21H38O4. The standard InChI is InChI=1S/C21H38O4/c1-3-4-5-9-12-19(17-22)15-16-20(18-23)13-10-7-6-8-11-14-21(24)25-2/h17-20H,3-16H2,1-2H3. The Morgan fingerprint density at radius 1 is 0.760 bits per heavy atom. The van der Waals surface area contributed by atoms with Crippen LogP contribution in [-0.2, 0) is 19.1 Å². The smallest absolute Gasteiger partial charge is 0.305 e. The van der Waals surface area contributed by atoms with E-state index in [0.717, 1.165) is 76.8 Å². The zero-order valence-corrected chi connectivity index (χ0v) is 16.3. The van der Waals surface area contributed by atoms with Crippen molar-refractivity contribution in [3.8, 4) is 0 Å². The highest BCUT2D eigenvalue weighted by atomic mass is 16.5. The molecule has 0 saturated heterocycles. The molecule has 25 heavy (non-hydrogen) atoms. The minimum absolute atomic E-state index is 0.0909. The van der Waals surface area contributed by atoms with Crippen LogP contribution in [0.1, 0.15) is 96.8 Å². The SMILES string of the molecule is CCCCCCC(C=O)CCC(C=O)CCCCCCCC(=O)OC. The van der Waals surface area contributed by atoms with Crippen molar-refractivity contribution in [3.05, 3.63) is 0 Å². The fourth-order valence-electron chi connectivity index (χ4n) is 3.13. The van der Waals surface area contributed by atoms with Gasteiger partial charge in [-0.15, -0.1) is 0 Å². The lowest BCUT2D eigenvalue weighted by atomic mass is 9.90. The predicted octanol–water partition coefficient (Wildman–Crippen LogP) is 5.27. The third-order valence-corrected chi connectivity index (χ3v) is 4.91. The maximum absolute atomic E-state index is 11.2. The second kappa shape index (κ2) is 17.6. The second-order valence-electron chi connectivity index (χ2n) is 7.10. The summed E-state index contributed by atoms with van der Waals surface area (Å²) in [4.78, 5) is 33.4. The first-order valence-corrected chi connectivity index (χ1v) is 10.1.